The van der Waals surface area contributed by atoms with Crippen LogP contribution in [0.3, 0.4) is 0 Å². The van der Waals surface area contributed by atoms with Crippen molar-refractivity contribution in [1.82, 2.24) is 40.2 Å². The summed E-state index contributed by atoms with van der Waals surface area (Å²) in [7, 11) is 0. The zero-order valence-corrected chi connectivity index (χ0v) is 26.8. The fourth-order valence-corrected chi connectivity index (χ4v) is 7.01. The summed E-state index contributed by atoms with van der Waals surface area (Å²) in [5.41, 5.74) is 3.32. The van der Waals surface area contributed by atoms with Gasteiger partial charge in [-0.15, -0.1) is 0 Å². The number of allylic oxidation sites excluding steroid dienone is 3. The van der Waals surface area contributed by atoms with Crippen molar-refractivity contribution < 1.29 is 4.39 Å². The average Bonchev–Trinajstić information content (AvgIpc) is 3.39. The van der Waals surface area contributed by atoms with E-state index in [2.05, 4.69) is 77.3 Å². The number of aliphatic imine (C=N–C) groups is 2. The molecule has 226 valence electrons. The molecule has 0 spiro atoms. The van der Waals surface area contributed by atoms with Crippen LogP contribution < -0.4 is 10.6 Å². The number of aromatic nitrogens is 4. The van der Waals surface area contributed by atoms with Gasteiger partial charge in [0.2, 0.25) is 6.30 Å². The van der Waals surface area contributed by atoms with Crippen LogP contribution in [0.25, 0.3) is 5.57 Å². The average molecular weight is 698 g/mol. The van der Waals surface area contributed by atoms with Crippen molar-refractivity contribution in [1.29, 1.82) is 0 Å². The zero-order chi connectivity index (χ0) is 29.7. The lowest BCUT2D eigenvalue weighted by Gasteiger charge is -2.48. The number of halogens is 2. The largest absolute Gasteiger partial charge is 0.365 e. The molecule has 8 heterocycles. The van der Waals surface area contributed by atoms with E-state index in [0.29, 0.717) is 12.1 Å². The van der Waals surface area contributed by atoms with Crippen molar-refractivity contribution in [2.75, 3.05) is 25.0 Å². The molecule has 3 fully saturated rings. The SMILES string of the molecule is Cc1cc(Nc2cc(I)[nH]n2)nc(C2=CN=C(N3CCC4CC(C3)N4CC3=CC=C(N4C=NC(F)C4C)N[C@H]3C)CC2)n1. The van der Waals surface area contributed by atoms with Gasteiger partial charge < -0.3 is 20.4 Å². The fourth-order valence-electron chi connectivity index (χ4n) is 6.59. The molecule has 5 atom stereocenters. The van der Waals surface area contributed by atoms with Gasteiger partial charge in [0.25, 0.3) is 0 Å². The molecule has 13 heteroatoms. The first-order valence-corrected chi connectivity index (χ1v) is 16.1. The van der Waals surface area contributed by atoms with Crippen LogP contribution in [0.2, 0.25) is 0 Å². The molecule has 0 saturated carbocycles. The van der Waals surface area contributed by atoms with Gasteiger partial charge in [0.05, 0.1) is 16.1 Å². The first kappa shape index (κ1) is 28.4. The highest BCUT2D eigenvalue weighted by Crippen LogP contribution is 2.35. The molecule has 8 rings (SSSR count). The lowest BCUT2D eigenvalue weighted by atomic mass is 9.90. The van der Waals surface area contributed by atoms with E-state index in [1.807, 2.05) is 37.1 Å². The quantitative estimate of drug-likeness (QED) is 0.303. The number of nitrogens with zero attached hydrogens (tertiary/aromatic N) is 8. The summed E-state index contributed by atoms with van der Waals surface area (Å²) in [6.07, 6.45) is 10.8. The molecule has 6 aliphatic rings. The van der Waals surface area contributed by atoms with Crippen molar-refractivity contribution >= 4 is 52.0 Å². The van der Waals surface area contributed by atoms with Crippen LogP contribution >= 0.6 is 22.6 Å². The predicted molar refractivity (Wildman–Crippen MR) is 175 cm³/mol. The Balaban J connectivity index is 0.996. The van der Waals surface area contributed by atoms with Crippen LogP contribution in [-0.2, 0) is 0 Å². The van der Waals surface area contributed by atoms with Gasteiger partial charge in [0.1, 0.15) is 17.5 Å². The van der Waals surface area contributed by atoms with Crippen LogP contribution in [0, 0.1) is 10.6 Å². The molecule has 0 aromatic carbocycles. The highest BCUT2D eigenvalue weighted by molar-refractivity contribution is 14.1. The molecular weight excluding hydrogens is 660 g/mol. The van der Waals surface area contributed by atoms with Gasteiger partial charge in [-0.1, -0.05) is 6.08 Å². The minimum absolute atomic E-state index is 0.187. The van der Waals surface area contributed by atoms with E-state index in [1.165, 1.54) is 17.8 Å². The van der Waals surface area contributed by atoms with Crippen molar-refractivity contribution in [2.45, 2.75) is 76.9 Å². The third-order valence-electron chi connectivity index (χ3n) is 9.13. The number of nitrogens with one attached hydrogen (secondary N) is 3. The number of H-pyrrole nitrogens is 1. The molecule has 4 unspecified atom stereocenters. The number of dihydropyridines is 1. The highest BCUT2D eigenvalue weighted by Gasteiger charge is 2.43. The van der Waals surface area contributed by atoms with Crippen molar-refractivity contribution in [3.05, 3.63) is 57.1 Å². The number of hydrogen-bond acceptors (Lipinski definition) is 10. The third kappa shape index (κ3) is 5.80. The minimum atomic E-state index is -1.17. The molecule has 6 aliphatic heterocycles. The van der Waals surface area contributed by atoms with E-state index in [-0.39, 0.29) is 12.1 Å². The maximum Gasteiger partial charge on any atom is 0.211 e. The van der Waals surface area contributed by atoms with Crippen LogP contribution in [0.1, 0.15) is 51.0 Å². The normalized spacial score (nSPS) is 28.8. The third-order valence-corrected chi connectivity index (χ3v) is 9.68. The van der Waals surface area contributed by atoms with Gasteiger partial charge in [-0.3, -0.25) is 10.00 Å². The Morgan fingerprint density at radius 1 is 1.12 bits per heavy atom. The number of amidine groups is 1. The number of rotatable bonds is 6. The van der Waals surface area contributed by atoms with E-state index in [1.54, 1.807) is 6.34 Å². The van der Waals surface area contributed by atoms with Gasteiger partial charge in [-0.2, -0.15) is 5.10 Å². The highest BCUT2D eigenvalue weighted by atomic mass is 127. The molecule has 11 nitrogen and oxygen atoms in total. The second kappa shape index (κ2) is 11.6. The number of alkyl halides is 1. The minimum Gasteiger partial charge on any atom is -0.365 e. The summed E-state index contributed by atoms with van der Waals surface area (Å²) in [6.45, 7) is 9.02. The van der Waals surface area contributed by atoms with Gasteiger partial charge in [0.15, 0.2) is 11.6 Å². The van der Waals surface area contributed by atoms with Crippen LogP contribution in [0.5, 0.6) is 0 Å². The van der Waals surface area contributed by atoms with E-state index in [9.17, 15) is 4.39 Å². The van der Waals surface area contributed by atoms with Crippen molar-refractivity contribution in [2.24, 2.45) is 9.98 Å². The number of aryl methyl sites for hydroxylation is 1. The van der Waals surface area contributed by atoms with Gasteiger partial charge in [-0.25, -0.2) is 24.3 Å². The first-order chi connectivity index (χ1) is 20.8. The van der Waals surface area contributed by atoms with Crippen LogP contribution in [0.4, 0.5) is 16.0 Å². The van der Waals surface area contributed by atoms with Crippen molar-refractivity contribution in [3.63, 3.8) is 0 Å². The predicted octanol–water partition coefficient (Wildman–Crippen LogP) is 4.33. The smallest absolute Gasteiger partial charge is 0.211 e. The second-order valence-electron chi connectivity index (χ2n) is 12.0. The maximum absolute atomic E-state index is 13.9. The van der Waals surface area contributed by atoms with E-state index < -0.39 is 6.30 Å². The molecule has 3 saturated heterocycles. The number of anilines is 2. The topological polar surface area (TPSA) is 113 Å². The Bertz CT molecular complexity index is 1540. The monoisotopic (exact) mass is 697 g/mol. The fraction of sp³-hybridized carbons (Fsp3) is 0.500. The number of fused-ring (bicyclic) bond motifs is 3. The summed E-state index contributed by atoms with van der Waals surface area (Å²) in [6, 6.07) is 4.89. The standard InChI is InChI=1S/C30H37FIN11/c1-17-10-25(37-26-12-24(32)39-40-26)38-30(35-17)20-4-6-27(33-13-20)41-9-8-22-11-23(15-41)42(22)14-21-5-7-28(36-18(21)2)43-16-34-29(31)19(43)3/h5,7,10,12-13,16,18-19,22-23,29,36H,4,6,8-9,11,14-15H2,1-3H3,(H2,35,37,38,39,40)/t18-,19?,22?,23?,29?/m0/s1. The Morgan fingerprint density at radius 2 is 2.00 bits per heavy atom. The summed E-state index contributed by atoms with van der Waals surface area (Å²) >= 11 is 2.20. The Morgan fingerprint density at radius 3 is 2.72 bits per heavy atom. The Labute approximate surface area is 264 Å². The first-order valence-electron chi connectivity index (χ1n) is 15.0. The molecular formula is C30H37FIN11. The molecule has 2 bridgehead atoms. The molecule has 0 amide bonds. The summed E-state index contributed by atoms with van der Waals surface area (Å²) in [5, 5.41) is 14.0. The van der Waals surface area contributed by atoms with Gasteiger partial charge in [0, 0.05) is 73.8 Å². The summed E-state index contributed by atoms with van der Waals surface area (Å²) in [5.74, 6) is 4.26. The van der Waals surface area contributed by atoms with Gasteiger partial charge in [-0.05, 0) is 74.3 Å². The van der Waals surface area contributed by atoms with Crippen LogP contribution in [0.15, 0.2) is 51.9 Å². The summed E-state index contributed by atoms with van der Waals surface area (Å²) < 4.78 is 14.9. The molecule has 2 aromatic heterocycles. The van der Waals surface area contributed by atoms with E-state index >= 15 is 0 Å². The zero-order valence-electron chi connectivity index (χ0n) is 24.6. The molecule has 2 aromatic rings. The second-order valence-corrected chi connectivity index (χ2v) is 13.2. The molecule has 3 N–H and O–H groups in total. The lowest BCUT2D eigenvalue weighted by Crippen LogP contribution is -2.58. The molecule has 0 aliphatic carbocycles. The lowest BCUT2D eigenvalue weighted by molar-refractivity contribution is 0.0323. The summed E-state index contributed by atoms with van der Waals surface area (Å²) in [4.78, 5) is 25.4. The number of hydrogen-bond donors (Lipinski definition) is 3. The molecule has 43 heavy (non-hydrogen) atoms. The van der Waals surface area contributed by atoms with Crippen LogP contribution in [-0.4, -0.2) is 97.1 Å². The van der Waals surface area contributed by atoms with E-state index in [0.717, 1.165) is 77.1 Å². The Kier molecular flexibility index (Phi) is 7.70. The van der Waals surface area contributed by atoms with E-state index in [4.69, 9.17) is 15.0 Å². The Hall–Kier alpha value is -3.33. The van der Waals surface area contributed by atoms with Crippen molar-refractivity contribution in [3.8, 4) is 0 Å². The number of aromatic amines is 1. The molecule has 0 radical (unpaired) electrons. The maximum atomic E-state index is 13.9. The van der Waals surface area contributed by atoms with Gasteiger partial charge >= 0.3 is 0 Å².